The lowest BCUT2D eigenvalue weighted by Gasteiger charge is -2.18. The predicted molar refractivity (Wildman–Crippen MR) is 67.4 cm³/mol. The molecule has 94 valence electrons. The van der Waals surface area contributed by atoms with Crippen LogP contribution in [0.15, 0.2) is 10.7 Å². The van der Waals surface area contributed by atoms with E-state index in [1.165, 1.54) is 0 Å². The van der Waals surface area contributed by atoms with Crippen LogP contribution in [-0.4, -0.2) is 49.4 Å². The number of hydrogen-bond donors (Lipinski definition) is 2. The van der Waals surface area contributed by atoms with Crippen LogP contribution in [0, 0.1) is 0 Å². The van der Waals surface area contributed by atoms with Crippen LogP contribution in [0.1, 0.15) is 0 Å². The molecule has 1 aromatic heterocycles. The van der Waals surface area contributed by atoms with E-state index in [4.69, 9.17) is 9.47 Å². The summed E-state index contributed by atoms with van der Waals surface area (Å²) in [7, 11) is 3.28. The van der Waals surface area contributed by atoms with Crippen LogP contribution < -0.4 is 15.4 Å². The van der Waals surface area contributed by atoms with Crippen molar-refractivity contribution in [1.29, 1.82) is 0 Å². The maximum absolute atomic E-state index is 5.36. The largest absolute Gasteiger partial charge is 0.480 e. The molecular weight excluding hydrogens is 288 g/mol. The number of anilines is 1. The summed E-state index contributed by atoms with van der Waals surface area (Å²) < 4.78 is 11.2. The fraction of sp³-hybridized carbons (Fsp3) is 0.600. The van der Waals surface area contributed by atoms with Gasteiger partial charge in [-0.25, -0.2) is 4.98 Å². The Morgan fingerprint density at radius 2 is 2.29 bits per heavy atom. The lowest BCUT2D eigenvalue weighted by Crippen LogP contribution is -2.34. The van der Waals surface area contributed by atoms with E-state index in [9.17, 15) is 0 Å². The third-order valence-corrected chi connectivity index (χ3v) is 3.23. The highest BCUT2D eigenvalue weighted by Crippen LogP contribution is 2.22. The normalized spacial score (nSPS) is 23.7. The van der Waals surface area contributed by atoms with Gasteiger partial charge in [0.2, 0.25) is 11.8 Å². The first-order valence-electron chi connectivity index (χ1n) is 5.31. The molecule has 6 nitrogen and oxygen atoms in total. The number of hydrogen-bond acceptors (Lipinski definition) is 6. The smallest absolute Gasteiger partial charge is 0.232 e. The molecule has 0 radical (unpaired) electrons. The quantitative estimate of drug-likeness (QED) is 0.851. The number of methoxy groups -OCH3 is 2. The van der Waals surface area contributed by atoms with E-state index in [1.54, 1.807) is 20.4 Å². The molecule has 2 rings (SSSR count). The second-order valence-corrected chi connectivity index (χ2v) is 4.59. The Bertz CT molecular complexity index is 391. The predicted octanol–water partition coefficient (Wildman–Crippen LogP) is 0.646. The van der Waals surface area contributed by atoms with Gasteiger partial charge in [-0.1, -0.05) is 0 Å². The number of rotatable bonds is 4. The van der Waals surface area contributed by atoms with Gasteiger partial charge in [-0.15, -0.1) is 0 Å². The molecule has 0 spiro atoms. The Morgan fingerprint density at radius 3 is 3.00 bits per heavy atom. The summed E-state index contributed by atoms with van der Waals surface area (Å²) in [6, 6.07) is 0.172. The molecule has 1 unspecified atom stereocenters. The van der Waals surface area contributed by atoms with Crippen LogP contribution in [0.3, 0.4) is 0 Å². The molecule has 0 amide bonds. The number of nitrogens with one attached hydrogen (secondary N) is 2. The monoisotopic (exact) mass is 302 g/mol. The van der Waals surface area contributed by atoms with Gasteiger partial charge in [0.15, 0.2) is 0 Å². The molecule has 0 bridgehead atoms. The van der Waals surface area contributed by atoms with Crippen molar-refractivity contribution in [2.45, 2.75) is 12.1 Å². The van der Waals surface area contributed by atoms with Crippen LogP contribution in [0.2, 0.25) is 0 Å². The fourth-order valence-corrected chi connectivity index (χ4v) is 2.13. The van der Waals surface area contributed by atoms with E-state index in [1.807, 2.05) is 0 Å². The lowest BCUT2D eigenvalue weighted by molar-refractivity contribution is 0.111. The average Bonchev–Trinajstić information content (AvgIpc) is 2.79. The van der Waals surface area contributed by atoms with Crippen LogP contribution >= 0.6 is 15.9 Å². The van der Waals surface area contributed by atoms with Gasteiger partial charge < -0.3 is 20.1 Å². The van der Waals surface area contributed by atoms with E-state index >= 15 is 0 Å². The summed E-state index contributed by atoms with van der Waals surface area (Å²) in [6.07, 6.45) is 1.80. The van der Waals surface area contributed by atoms with E-state index in [-0.39, 0.29) is 12.1 Å². The first kappa shape index (κ1) is 12.5. The topological polar surface area (TPSA) is 68.3 Å². The van der Waals surface area contributed by atoms with Gasteiger partial charge in [0.25, 0.3) is 0 Å². The molecular formula is C10H15BrN4O2. The lowest BCUT2D eigenvalue weighted by atomic mass is 10.2. The molecule has 0 aromatic carbocycles. The minimum absolute atomic E-state index is 0.133. The zero-order valence-electron chi connectivity index (χ0n) is 9.74. The molecule has 0 saturated carbocycles. The van der Waals surface area contributed by atoms with Crippen molar-refractivity contribution in [3.8, 4) is 5.88 Å². The molecule has 2 heterocycles. The third-order valence-electron chi connectivity index (χ3n) is 2.68. The van der Waals surface area contributed by atoms with Gasteiger partial charge in [-0.05, 0) is 15.9 Å². The maximum atomic E-state index is 5.36. The Labute approximate surface area is 108 Å². The van der Waals surface area contributed by atoms with E-state index < -0.39 is 0 Å². The molecule has 2 atom stereocenters. The molecule has 1 saturated heterocycles. The van der Waals surface area contributed by atoms with Gasteiger partial charge in [-0.3, -0.25) is 0 Å². The Hall–Kier alpha value is -0.920. The third kappa shape index (κ3) is 2.85. The van der Waals surface area contributed by atoms with E-state index in [0.29, 0.717) is 11.8 Å². The summed E-state index contributed by atoms with van der Waals surface area (Å²) in [5.74, 6) is 1.06. The Balaban J connectivity index is 2.08. The number of halogens is 1. The Kier molecular flexibility index (Phi) is 4.14. The van der Waals surface area contributed by atoms with Crippen molar-refractivity contribution < 1.29 is 9.47 Å². The van der Waals surface area contributed by atoms with Gasteiger partial charge in [0, 0.05) is 20.2 Å². The molecule has 1 aliphatic rings. The van der Waals surface area contributed by atoms with Gasteiger partial charge >= 0.3 is 0 Å². The van der Waals surface area contributed by atoms with E-state index in [0.717, 1.165) is 17.6 Å². The molecule has 1 aliphatic heterocycles. The van der Waals surface area contributed by atoms with Crippen molar-refractivity contribution in [3.63, 3.8) is 0 Å². The van der Waals surface area contributed by atoms with Crippen LogP contribution in [0.4, 0.5) is 5.95 Å². The van der Waals surface area contributed by atoms with Gasteiger partial charge in [0.05, 0.1) is 29.9 Å². The zero-order chi connectivity index (χ0) is 12.3. The van der Waals surface area contributed by atoms with Crippen molar-refractivity contribution in [1.82, 2.24) is 15.3 Å². The standard InChI is InChI=1S/C10H15BrN4O2/c1-16-8-5-12-4-7(8)14-10-13-3-6(11)9(15-10)17-2/h3,7-8,12H,4-5H2,1-2H3,(H,13,14,15)/t7?,8-/m0/s1. The van der Waals surface area contributed by atoms with Crippen LogP contribution in [0.5, 0.6) is 5.88 Å². The molecule has 1 aromatic rings. The molecule has 2 N–H and O–H groups in total. The van der Waals surface area contributed by atoms with Crippen molar-refractivity contribution in [3.05, 3.63) is 10.7 Å². The van der Waals surface area contributed by atoms with Crippen molar-refractivity contribution >= 4 is 21.9 Å². The van der Waals surface area contributed by atoms with Crippen LogP contribution in [-0.2, 0) is 4.74 Å². The second-order valence-electron chi connectivity index (χ2n) is 3.73. The minimum atomic E-state index is 0.133. The highest BCUT2D eigenvalue weighted by atomic mass is 79.9. The minimum Gasteiger partial charge on any atom is -0.480 e. The fourth-order valence-electron chi connectivity index (χ4n) is 1.78. The summed E-state index contributed by atoms with van der Waals surface area (Å²) in [5.41, 5.74) is 0. The number of ether oxygens (including phenoxy) is 2. The number of aromatic nitrogens is 2. The zero-order valence-corrected chi connectivity index (χ0v) is 11.3. The van der Waals surface area contributed by atoms with Crippen LogP contribution in [0.25, 0.3) is 0 Å². The molecule has 17 heavy (non-hydrogen) atoms. The molecule has 0 aliphatic carbocycles. The van der Waals surface area contributed by atoms with E-state index in [2.05, 4.69) is 36.5 Å². The first-order valence-corrected chi connectivity index (χ1v) is 6.10. The molecule has 1 fully saturated rings. The highest BCUT2D eigenvalue weighted by Gasteiger charge is 2.27. The SMILES string of the molecule is COc1nc(NC2CNC[C@@H]2OC)ncc1Br. The summed E-state index contributed by atoms with van der Waals surface area (Å²) in [6.45, 7) is 1.67. The summed E-state index contributed by atoms with van der Waals surface area (Å²) >= 11 is 3.31. The van der Waals surface area contributed by atoms with Crippen molar-refractivity contribution in [2.75, 3.05) is 32.6 Å². The van der Waals surface area contributed by atoms with Crippen molar-refractivity contribution in [2.24, 2.45) is 0 Å². The molecule has 7 heteroatoms. The first-order chi connectivity index (χ1) is 8.24. The second kappa shape index (κ2) is 5.61. The highest BCUT2D eigenvalue weighted by molar-refractivity contribution is 9.10. The summed E-state index contributed by atoms with van der Waals surface area (Å²) in [4.78, 5) is 8.44. The Morgan fingerprint density at radius 1 is 1.47 bits per heavy atom. The summed E-state index contributed by atoms with van der Waals surface area (Å²) in [5, 5.41) is 6.48. The average molecular weight is 303 g/mol. The maximum Gasteiger partial charge on any atom is 0.232 e. The number of nitrogens with zero attached hydrogens (tertiary/aromatic N) is 2. The van der Waals surface area contributed by atoms with Gasteiger partial charge in [-0.2, -0.15) is 4.98 Å². The van der Waals surface area contributed by atoms with Gasteiger partial charge in [0.1, 0.15) is 0 Å².